The molecule has 2 N–H and O–H groups in total. The molecule has 2 bridgehead atoms. The molecule has 2 saturated heterocycles. The molecule has 3 unspecified atom stereocenters. The number of sulfonamides is 1. The number of rotatable bonds is 5. The van der Waals surface area contributed by atoms with Gasteiger partial charge >= 0.3 is 0 Å². The lowest BCUT2D eigenvalue weighted by Crippen LogP contribution is -2.41. The molecule has 1 aromatic carbocycles. The summed E-state index contributed by atoms with van der Waals surface area (Å²) in [6, 6.07) is 3.69. The van der Waals surface area contributed by atoms with Gasteiger partial charge in [0.05, 0.1) is 23.1 Å². The van der Waals surface area contributed by atoms with Crippen molar-refractivity contribution in [3.05, 3.63) is 29.6 Å². The van der Waals surface area contributed by atoms with Crippen LogP contribution in [0.2, 0.25) is 0 Å². The number of ether oxygens (including phenoxy) is 1. The molecule has 0 aromatic heterocycles. The molecule has 0 saturated carbocycles. The summed E-state index contributed by atoms with van der Waals surface area (Å²) < 4.78 is 46.8. The van der Waals surface area contributed by atoms with Crippen molar-refractivity contribution in [2.24, 2.45) is 0 Å². The molecule has 5 nitrogen and oxygen atoms in total. The van der Waals surface area contributed by atoms with Crippen LogP contribution in [0.5, 0.6) is 0 Å². The zero-order chi connectivity index (χ0) is 15.0. The minimum absolute atomic E-state index is 0.0259. The zero-order valence-corrected chi connectivity index (χ0v) is 12.6. The van der Waals surface area contributed by atoms with Crippen molar-refractivity contribution in [3.63, 3.8) is 0 Å². The monoisotopic (exact) mass is 314 g/mol. The summed E-state index contributed by atoms with van der Waals surface area (Å²) in [4.78, 5) is 0.0944. The van der Waals surface area contributed by atoms with Gasteiger partial charge in [-0.3, -0.25) is 0 Å². The van der Waals surface area contributed by atoms with Crippen molar-refractivity contribution in [3.8, 4) is 0 Å². The second-order valence-corrected chi connectivity index (χ2v) is 7.33. The molecule has 2 heterocycles. The van der Waals surface area contributed by atoms with Gasteiger partial charge in [-0.2, -0.15) is 0 Å². The lowest BCUT2D eigenvalue weighted by molar-refractivity contribution is 0.0996. The summed E-state index contributed by atoms with van der Waals surface area (Å²) in [6.07, 6.45) is 2.77. The van der Waals surface area contributed by atoms with E-state index in [1.807, 2.05) is 0 Å². The second-order valence-electron chi connectivity index (χ2n) is 5.62. The van der Waals surface area contributed by atoms with Crippen molar-refractivity contribution < 1.29 is 17.5 Å². The fourth-order valence-electron chi connectivity index (χ4n) is 3.07. The predicted octanol–water partition coefficient (Wildman–Crippen LogP) is 1.14. The molecule has 0 amide bonds. The Bertz CT molecular complexity index is 635. The Kier molecular flexibility index (Phi) is 4.00. The Morgan fingerprint density at radius 1 is 1.38 bits per heavy atom. The highest BCUT2D eigenvalue weighted by molar-refractivity contribution is 7.89. The zero-order valence-electron chi connectivity index (χ0n) is 11.8. The van der Waals surface area contributed by atoms with Crippen LogP contribution in [0.25, 0.3) is 0 Å². The highest BCUT2D eigenvalue weighted by Gasteiger charge is 2.42. The summed E-state index contributed by atoms with van der Waals surface area (Å²) in [5, 5.41) is 2.82. The number of benzene rings is 1. The highest BCUT2D eigenvalue weighted by atomic mass is 32.2. The maximum atomic E-state index is 13.6. The fourth-order valence-corrected chi connectivity index (χ4v) is 4.40. The summed E-state index contributed by atoms with van der Waals surface area (Å²) in [7, 11) is -1.96. The molecule has 2 aliphatic rings. The first-order valence-electron chi connectivity index (χ1n) is 7.10. The Morgan fingerprint density at radius 3 is 2.81 bits per heavy atom. The molecule has 2 aliphatic heterocycles. The van der Waals surface area contributed by atoms with E-state index in [0.29, 0.717) is 12.0 Å². The van der Waals surface area contributed by atoms with Gasteiger partial charge in [-0.15, -0.1) is 0 Å². The van der Waals surface area contributed by atoms with Crippen LogP contribution in [0.3, 0.4) is 0 Å². The van der Waals surface area contributed by atoms with Crippen molar-refractivity contribution in [2.75, 3.05) is 7.05 Å². The largest absolute Gasteiger partial charge is 0.373 e. The summed E-state index contributed by atoms with van der Waals surface area (Å²) in [6.45, 7) is 0.284. The number of fused-ring (bicyclic) bond motifs is 2. The van der Waals surface area contributed by atoms with Gasteiger partial charge in [-0.1, -0.05) is 0 Å². The van der Waals surface area contributed by atoms with Gasteiger partial charge in [0.1, 0.15) is 5.82 Å². The standard InChI is InChI=1S/C14H19FN2O3S/c1-16-8-9-6-11(3-4-12(9)15)21(18,19)17-13-7-10-2-5-14(13)20-10/h3-4,6,10,13-14,16-17H,2,5,7-8H2,1H3. The van der Waals surface area contributed by atoms with E-state index >= 15 is 0 Å². The first kappa shape index (κ1) is 14.9. The van der Waals surface area contributed by atoms with Gasteiger partial charge in [-0.05, 0) is 44.5 Å². The van der Waals surface area contributed by atoms with Gasteiger partial charge in [-0.25, -0.2) is 17.5 Å². The number of nitrogens with one attached hydrogen (secondary N) is 2. The average Bonchev–Trinajstić information content (AvgIpc) is 3.03. The Balaban J connectivity index is 1.80. The molecule has 1 aromatic rings. The molecule has 0 radical (unpaired) electrons. The van der Waals surface area contributed by atoms with Crippen LogP contribution in [0.15, 0.2) is 23.1 Å². The van der Waals surface area contributed by atoms with Gasteiger partial charge in [0.15, 0.2) is 0 Å². The second kappa shape index (κ2) is 5.64. The third-order valence-corrected chi connectivity index (χ3v) is 5.59. The topological polar surface area (TPSA) is 67.4 Å². The molecule has 3 atom stereocenters. The summed E-state index contributed by atoms with van der Waals surface area (Å²) in [5.41, 5.74) is 0.338. The van der Waals surface area contributed by atoms with Crippen molar-refractivity contribution in [2.45, 2.75) is 49.0 Å². The lowest BCUT2D eigenvalue weighted by Gasteiger charge is -2.20. The van der Waals surface area contributed by atoms with Gasteiger partial charge in [0.2, 0.25) is 10.0 Å². The van der Waals surface area contributed by atoms with E-state index in [9.17, 15) is 12.8 Å². The highest BCUT2D eigenvalue weighted by Crippen LogP contribution is 2.35. The van der Waals surface area contributed by atoms with Crippen LogP contribution in [-0.2, 0) is 21.3 Å². The van der Waals surface area contributed by atoms with E-state index in [1.165, 1.54) is 18.2 Å². The fraction of sp³-hybridized carbons (Fsp3) is 0.571. The summed E-state index contributed by atoms with van der Waals surface area (Å²) >= 11 is 0. The molecule has 0 spiro atoms. The third-order valence-electron chi connectivity index (χ3n) is 4.11. The van der Waals surface area contributed by atoms with E-state index in [2.05, 4.69) is 10.0 Å². The molecule has 116 valence electrons. The predicted molar refractivity (Wildman–Crippen MR) is 75.8 cm³/mol. The maximum Gasteiger partial charge on any atom is 0.240 e. The summed E-state index contributed by atoms with van der Waals surface area (Å²) in [5.74, 6) is -0.411. The number of hydrogen-bond acceptors (Lipinski definition) is 4. The van der Waals surface area contributed by atoms with Gasteiger partial charge < -0.3 is 10.1 Å². The van der Waals surface area contributed by atoms with E-state index in [1.54, 1.807) is 7.05 Å². The number of hydrogen-bond donors (Lipinski definition) is 2. The molecule has 2 fully saturated rings. The Hall–Kier alpha value is -1.02. The molecule has 7 heteroatoms. The Morgan fingerprint density at radius 2 is 2.19 bits per heavy atom. The van der Waals surface area contributed by atoms with E-state index in [-0.39, 0.29) is 29.7 Å². The minimum Gasteiger partial charge on any atom is -0.373 e. The minimum atomic E-state index is -3.65. The van der Waals surface area contributed by atoms with E-state index in [4.69, 9.17) is 4.74 Å². The average molecular weight is 314 g/mol. The van der Waals surface area contributed by atoms with Crippen LogP contribution in [0.4, 0.5) is 4.39 Å². The van der Waals surface area contributed by atoms with Crippen LogP contribution >= 0.6 is 0 Å². The Labute approximate surface area is 123 Å². The molecule has 0 aliphatic carbocycles. The van der Waals surface area contributed by atoms with Crippen LogP contribution < -0.4 is 10.0 Å². The molecule has 3 rings (SSSR count). The number of halogens is 1. The molecule has 21 heavy (non-hydrogen) atoms. The van der Waals surface area contributed by atoms with E-state index < -0.39 is 15.8 Å². The van der Waals surface area contributed by atoms with Crippen molar-refractivity contribution in [1.29, 1.82) is 0 Å². The third kappa shape index (κ3) is 2.96. The van der Waals surface area contributed by atoms with Gasteiger partial charge in [0.25, 0.3) is 0 Å². The first-order chi connectivity index (χ1) is 9.99. The van der Waals surface area contributed by atoms with Crippen molar-refractivity contribution in [1.82, 2.24) is 10.0 Å². The van der Waals surface area contributed by atoms with Crippen LogP contribution in [0, 0.1) is 5.82 Å². The van der Waals surface area contributed by atoms with Crippen LogP contribution in [-0.4, -0.2) is 33.7 Å². The van der Waals surface area contributed by atoms with Crippen molar-refractivity contribution >= 4 is 10.0 Å². The molecular formula is C14H19FN2O3S. The smallest absolute Gasteiger partial charge is 0.240 e. The van der Waals surface area contributed by atoms with E-state index in [0.717, 1.165) is 12.8 Å². The SMILES string of the molecule is CNCc1cc(S(=O)(=O)NC2CC3CCC2O3)ccc1F. The first-order valence-corrected chi connectivity index (χ1v) is 8.59. The molecular weight excluding hydrogens is 295 g/mol. The van der Waals surface area contributed by atoms with Crippen LogP contribution in [0.1, 0.15) is 24.8 Å². The normalized spacial score (nSPS) is 28.2. The quantitative estimate of drug-likeness (QED) is 0.855. The lowest BCUT2D eigenvalue weighted by atomic mass is 9.96. The van der Waals surface area contributed by atoms with Gasteiger partial charge in [0, 0.05) is 12.1 Å². The maximum absolute atomic E-state index is 13.6.